The van der Waals surface area contributed by atoms with E-state index in [0.717, 1.165) is 6.42 Å². The Kier molecular flexibility index (Phi) is 5.98. The maximum absolute atomic E-state index is 8.37. The van der Waals surface area contributed by atoms with E-state index in [9.17, 15) is 0 Å². The zero-order valence-corrected chi connectivity index (χ0v) is 8.77. The summed E-state index contributed by atoms with van der Waals surface area (Å²) in [5, 5.41) is 12.4. The first kappa shape index (κ1) is 11.6. The third-order valence-electron chi connectivity index (χ3n) is 1.49. The van der Waals surface area contributed by atoms with E-state index < -0.39 is 0 Å². The van der Waals surface area contributed by atoms with Crippen LogP contribution in [0.3, 0.4) is 0 Å². The fourth-order valence-corrected chi connectivity index (χ4v) is 2.18. The molecule has 0 aromatic rings. The highest BCUT2D eigenvalue weighted by molar-refractivity contribution is 8.00. The van der Waals surface area contributed by atoms with Gasteiger partial charge in [-0.1, -0.05) is 25.9 Å². The topological polar surface area (TPSA) is 58.6 Å². The van der Waals surface area contributed by atoms with Gasteiger partial charge in [0.05, 0.1) is 0 Å². The van der Waals surface area contributed by atoms with E-state index in [-0.39, 0.29) is 0 Å². The lowest BCUT2D eigenvalue weighted by atomic mass is 10.2. The predicted octanol–water partition coefficient (Wildman–Crippen LogP) is 2.04. The van der Waals surface area contributed by atoms with Gasteiger partial charge in [0.1, 0.15) is 5.84 Å². The van der Waals surface area contributed by atoms with Gasteiger partial charge in [-0.25, -0.2) is 0 Å². The van der Waals surface area contributed by atoms with Crippen molar-refractivity contribution in [1.29, 1.82) is 0 Å². The van der Waals surface area contributed by atoms with Crippen LogP contribution in [0.5, 0.6) is 0 Å². The van der Waals surface area contributed by atoms with Crippen molar-refractivity contribution in [3.63, 3.8) is 0 Å². The molecule has 1 unspecified atom stereocenters. The molecule has 0 aromatic carbocycles. The Labute approximate surface area is 78.4 Å². The summed E-state index contributed by atoms with van der Waals surface area (Å²) in [5.41, 5.74) is 5.41. The minimum Gasteiger partial charge on any atom is -0.409 e. The quantitative estimate of drug-likeness (QED) is 0.302. The highest BCUT2D eigenvalue weighted by Crippen LogP contribution is 2.22. The lowest BCUT2D eigenvalue weighted by molar-refractivity contribution is 0.316. The molecule has 3 N–H and O–H groups in total. The van der Waals surface area contributed by atoms with E-state index in [0.29, 0.717) is 22.8 Å². The van der Waals surface area contributed by atoms with Crippen molar-refractivity contribution in [2.45, 2.75) is 44.1 Å². The van der Waals surface area contributed by atoms with Gasteiger partial charge >= 0.3 is 0 Å². The number of oxime groups is 1. The Bertz CT molecular complexity index is 148. The molecule has 0 spiro atoms. The summed E-state index contributed by atoms with van der Waals surface area (Å²) < 4.78 is 0. The molecule has 0 amide bonds. The number of amidine groups is 1. The molecule has 0 radical (unpaired) electrons. The predicted molar refractivity (Wildman–Crippen MR) is 54.8 cm³/mol. The first-order chi connectivity index (χ1) is 5.60. The number of hydrogen-bond acceptors (Lipinski definition) is 3. The van der Waals surface area contributed by atoms with Gasteiger partial charge in [0.15, 0.2) is 0 Å². The molecule has 3 nitrogen and oxygen atoms in total. The minimum atomic E-state index is 0.329. The molecule has 4 heteroatoms. The average Bonchev–Trinajstić information content (AvgIpc) is 2.02. The number of nitrogens with two attached hydrogens (primary N) is 1. The van der Waals surface area contributed by atoms with Crippen LogP contribution in [0, 0.1) is 0 Å². The van der Waals surface area contributed by atoms with Crippen LogP contribution in [0.2, 0.25) is 0 Å². The van der Waals surface area contributed by atoms with Crippen molar-refractivity contribution in [1.82, 2.24) is 0 Å². The fourth-order valence-electron chi connectivity index (χ4n) is 0.948. The summed E-state index contributed by atoms with van der Waals surface area (Å²) in [5.74, 6) is 0.329. The molecule has 0 fully saturated rings. The number of nitrogens with zero attached hydrogens (tertiary/aromatic N) is 1. The van der Waals surface area contributed by atoms with Crippen molar-refractivity contribution >= 4 is 17.6 Å². The minimum absolute atomic E-state index is 0.329. The van der Waals surface area contributed by atoms with E-state index in [1.54, 1.807) is 0 Å². The van der Waals surface area contributed by atoms with Crippen LogP contribution in [0.15, 0.2) is 5.16 Å². The molecule has 0 aromatic heterocycles. The van der Waals surface area contributed by atoms with Gasteiger partial charge in [0.2, 0.25) is 0 Å². The zero-order valence-electron chi connectivity index (χ0n) is 7.95. The van der Waals surface area contributed by atoms with E-state index >= 15 is 0 Å². The van der Waals surface area contributed by atoms with E-state index in [2.05, 4.69) is 25.9 Å². The zero-order chi connectivity index (χ0) is 9.56. The van der Waals surface area contributed by atoms with Crippen LogP contribution >= 0.6 is 11.8 Å². The summed E-state index contributed by atoms with van der Waals surface area (Å²) in [7, 11) is 0. The van der Waals surface area contributed by atoms with Gasteiger partial charge in [-0.05, 0) is 11.7 Å². The molecule has 0 aliphatic rings. The second-order valence-electron chi connectivity index (χ2n) is 3.01. The van der Waals surface area contributed by atoms with Crippen LogP contribution in [0.1, 0.15) is 33.6 Å². The summed E-state index contributed by atoms with van der Waals surface area (Å²) in [4.78, 5) is 0. The molecule has 0 saturated heterocycles. The Balaban J connectivity index is 3.83. The second kappa shape index (κ2) is 6.17. The summed E-state index contributed by atoms with van der Waals surface area (Å²) in [6.45, 7) is 6.42. The molecular formula is C8H18N2OS. The smallest absolute Gasteiger partial charge is 0.140 e. The number of thioether (sulfide) groups is 1. The number of rotatable bonds is 5. The standard InChI is InChI=1S/C8H18N2OS/c1-4-7(12-6(2)3)5-8(9)10-11/h6-7,11H,4-5H2,1-3H3,(H2,9,10). The van der Waals surface area contributed by atoms with Gasteiger partial charge in [-0.2, -0.15) is 11.8 Å². The molecule has 1 atom stereocenters. The van der Waals surface area contributed by atoms with Crippen molar-refractivity contribution < 1.29 is 5.21 Å². The summed E-state index contributed by atoms with van der Waals surface area (Å²) in [6, 6.07) is 0. The molecule has 72 valence electrons. The SMILES string of the molecule is CCC(C/C(N)=N/O)SC(C)C. The van der Waals surface area contributed by atoms with Gasteiger partial charge in [0.25, 0.3) is 0 Å². The first-order valence-corrected chi connectivity index (χ1v) is 5.16. The van der Waals surface area contributed by atoms with Gasteiger partial charge in [-0.15, -0.1) is 0 Å². The molecule has 0 heterocycles. The maximum Gasteiger partial charge on any atom is 0.140 e. The van der Waals surface area contributed by atoms with E-state index in [1.807, 2.05) is 11.8 Å². The summed E-state index contributed by atoms with van der Waals surface area (Å²) >= 11 is 1.87. The number of hydrogen-bond donors (Lipinski definition) is 2. The molecule has 0 rings (SSSR count). The molecule has 12 heavy (non-hydrogen) atoms. The van der Waals surface area contributed by atoms with Gasteiger partial charge < -0.3 is 10.9 Å². The molecule has 0 bridgehead atoms. The van der Waals surface area contributed by atoms with Crippen LogP contribution in [0.25, 0.3) is 0 Å². The second-order valence-corrected chi connectivity index (χ2v) is 4.89. The van der Waals surface area contributed by atoms with Crippen LogP contribution in [-0.4, -0.2) is 21.5 Å². The normalized spacial score (nSPS) is 15.2. The molecule has 0 saturated carbocycles. The van der Waals surface area contributed by atoms with Crippen molar-refractivity contribution in [2.24, 2.45) is 10.9 Å². The van der Waals surface area contributed by atoms with Crippen molar-refractivity contribution in [3.05, 3.63) is 0 Å². The largest absolute Gasteiger partial charge is 0.409 e. The third-order valence-corrected chi connectivity index (χ3v) is 2.91. The molecule has 0 aliphatic carbocycles. The Morgan fingerprint density at radius 1 is 1.58 bits per heavy atom. The summed E-state index contributed by atoms with van der Waals surface area (Å²) in [6.07, 6.45) is 1.73. The van der Waals surface area contributed by atoms with Gasteiger partial charge in [-0.3, -0.25) is 0 Å². The average molecular weight is 190 g/mol. The van der Waals surface area contributed by atoms with Crippen molar-refractivity contribution in [3.8, 4) is 0 Å². The lowest BCUT2D eigenvalue weighted by Crippen LogP contribution is -2.19. The molecular weight excluding hydrogens is 172 g/mol. The lowest BCUT2D eigenvalue weighted by Gasteiger charge is -2.15. The van der Waals surface area contributed by atoms with Crippen LogP contribution in [0.4, 0.5) is 0 Å². The highest BCUT2D eigenvalue weighted by atomic mass is 32.2. The Morgan fingerprint density at radius 3 is 2.50 bits per heavy atom. The first-order valence-electron chi connectivity index (χ1n) is 4.22. The third kappa shape index (κ3) is 5.29. The van der Waals surface area contributed by atoms with Crippen LogP contribution < -0.4 is 5.73 Å². The fraction of sp³-hybridized carbons (Fsp3) is 0.875. The van der Waals surface area contributed by atoms with Gasteiger partial charge in [0, 0.05) is 11.7 Å². The Hall–Kier alpha value is -0.380. The maximum atomic E-state index is 8.37. The van der Waals surface area contributed by atoms with E-state index in [4.69, 9.17) is 10.9 Å². The van der Waals surface area contributed by atoms with Crippen molar-refractivity contribution in [2.75, 3.05) is 0 Å². The molecule has 0 aliphatic heterocycles. The highest BCUT2D eigenvalue weighted by Gasteiger charge is 2.10. The Morgan fingerprint density at radius 2 is 2.17 bits per heavy atom. The monoisotopic (exact) mass is 190 g/mol. The van der Waals surface area contributed by atoms with Crippen LogP contribution in [-0.2, 0) is 0 Å². The van der Waals surface area contributed by atoms with E-state index in [1.165, 1.54) is 0 Å².